The number of carboxylic acids is 1. The molecule has 0 spiro atoms. The first-order chi connectivity index (χ1) is 8.04. The minimum absolute atomic E-state index is 0.0458. The van der Waals surface area contributed by atoms with Gasteiger partial charge in [0.25, 0.3) is 0 Å². The maximum Gasteiger partial charge on any atom is 0.326 e. The van der Waals surface area contributed by atoms with Gasteiger partial charge < -0.3 is 10.4 Å². The number of rotatable bonds is 6. The van der Waals surface area contributed by atoms with Gasteiger partial charge in [0.05, 0.1) is 0 Å². The molecule has 0 aromatic rings. The quantitative estimate of drug-likeness (QED) is 0.696. The van der Waals surface area contributed by atoms with Gasteiger partial charge in [-0.05, 0) is 24.7 Å². The van der Waals surface area contributed by atoms with Crippen molar-refractivity contribution in [3.63, 3.8) is 0 Å². The Balaban J connectivity index is 2.46. The molecule has 0 bridgehead atoms. The van der Waals surface area contributed by atoms with Gasteiger partial charge in [-0.1, -0.05) is 32.4 Å². The Morgan fingerprint density at radius 1 is 1.53 bits per heavy atom. The number of carbonyl (C=O) groups is 2. The highest BCUT2D eigenvalue weighted by atomic mass is 16.4. The van der Waals surface area contributed by atoms with Crippen molar-refractivity contribution in [3.05, 3.63) is 12.2 Å². The van der Waals surface area contributed by atoms with E-state index in [2.05, 4.69) is 11.4 Å². The second-order valence-corrected chi connectivity index (χ2v) is 4.74. The van der Waals surface area contributed by atoms with Crippen molar-refractivity contribution in [3.8, 4) is 0 Å². The number of carboxylic acid groups (broad SMARTS) is 1. The standard InChI is InChI=1S/C13H21NO3/c1-3-9(2)12(13(16)17)14-11(15)8-10-6-4-5-7-10/h4,6,9-10,12H,3,5,7-8H2,1-2H3,(H,14,15)(H,16,17)/t9?,10?,12-/m0/s1. The first kappa shape index (κ1) is 13.7. The fourth-order valence-electron chi connectivity index (χ4n) is 2.02. The first-order valence-corrected chi connectivity index (χ1v) is 6.23. The summed E-state index contributed by atoms with van der Waals surface area (Å²) in [5.74, 6) is -0.874. The van der Waals surface area contributed by atoms with Gasteiger partial charge >= 0.3 is 5.97 Å². The molecule has 4 nitrogen and oxygen atoms in total. The number of allylic oxidation sites excluding steroid dienone is 2. The second-order valence-electron chi connectivity index (χ2n) is 4.74. The van der Waals surface area contributed by atoms with E-state index in [-0.39, 0.29) is 17.7 Å². The summed E-state index contributed by atoms with van der Waals surface area (Å²) in [6.07, 6.45) is 7.26. The predicted octanol–water partition coefficient (Wildman–Crippen LogP) is 1.96. The van der Waals surface area contributed by atoms with Gasteiger partial charge in [0.2, 0.25) is 5.91 Å². The van der Waals surface area contributed by atoms with Crippen LogP contribution in [0.15, 0.2) is 12.2 Å². The maximum absolute atomic E-state index is 11.7. The molecule has 2 N–H and O–H groups in total. The Bertz CT molecular complexity index is 312. The van der Waals surface area contributed by atoms with Crippen LogP contribution in [0.25, 0.3) is 0 Å². The Morgan fingerprint density at radius 3 is 2.71 bits per heavy atom. The lowest BCUT2D eigenvalue weighted by atomic mass is 9.98. The molecule has 1 aliphatic rings. The molecule has 96 valence electrons. The normalized spacial score (nSPS) is 22.1. The summed E-state index contributed by atoms with van der Waals surface area (Å²) >= 11 is 0. The molecule has 0 heterocycles. The molecule has 0 aliphatic heterocycles. The Labute approximate surface area is 102 Å². The van der Waals surface area contributed by atoms with E-state index in [1.54, 1.807) is 0 Å². The fourth-order valence-corrected chi connectivity index (χ4v) is 2.02. The van der Waals surface area contributed by atoms with Crippen molar-refractivity contribution in [2.45, 2.75) is 45.6 Å². The van der Waals surface area contributed by atoms with Crippen molar-refractivity contribution < 1.29 is 14.7 Å². The molecule has 0 radical (unpaired) electrons. The summed E-state index contributed by atoms with van der Waals surface area (Å²) < 4.78 is 0. The zero-order chi connectivity index (χ0) is 12.8. The number of hydrogen-bond acceptors (Lipinski definition) is 2. The molecular weight excluding hydrogens is 218 g/mol. The SMILES string of the molecule is CCC(C)[C@H](NC(=O)CC1C=CCC1)C(=O)O. The summed E-state index contributed by atoms with van der Waals surface area (Å²) in [6, 6.07) is -0.766. The molecule has 0 saturated carbocycles. The summed E-state index contributed by atoms with van der Waals surface area (Å²) in [5, 5.41) is 11.7. The van der Waals surface area contributed by atoms with E-state index in [9.17, 15) is 9.59 Å². The van der Waals surface area contributed by atoms with E-state index in [1.807, 2.05) is 19.9 Å². The van der Waals surface area contributed by atoms with Crippen LogP contribution in [0.4, 0.5) is 0 Å². The molecule has 2 unspecified atom stereocenters. The summed E-state index contributed by atoms with van der Waals surface area (Å²) in [4.78, 5) is 22.8. The van der Waals surface area contributed by atoms with Crippen LogP contribution in [0, 0.1) is 11.8 Å². The van der Waals surface area contributed by atoms with Crippen molar-refractivity contribution >= 4 is 11.9 Å². The van der Waals surface area contributed by atoms with Crippen LogP contribution in [0.2, 0.25) is 0 Å². The van der Waals surface area contributed by atoms with E-state index >= 15 is 0 Å². The summed E-state index contributed by atoms with van der Waals surface area (Å²) in [5.41, 5.74) is 0. The number of nitrogens with one attached hydrogen (secondary N) is 1. The van der Waals surface area contributed by atoms with Gasteiger partial charge in [-0.2, -0.15) is 0 Å². The van der Waals surface area contributed by atoms with Crippen LogP contribution in [0.1, 0.15) is 39.5 Å². The lowest BCUT2D eigenvalue weighted by Crippen LogP contribution is -2.45. The molecule has 0 aromatic carbocycles. The molecule has 1 rings (SSSR count). The third-order valence-electron chi connectivity index (χ3n) is 3.36. The molecular formula is C13H21NO3. The zero-order valence-corrected chi connectivity index (χ0v) is 10.5. The Hall–Kier alpha value is -1.32. The van der Waals surface area contributed by atoms with E-state index < -0.39 is 12.0 Å². The highest BCUT2D eigenvalue weighted by Gasteiger charge is 2.26. The van der Waals surface area contributed by atoms with Gasteiger partial charge in [-0.15, -0.1) is 0 Å². The largest absolute Gasteiger partial charge is 0.480 e. The van der Waals surface area contributed by atoms with Crippen molar-refractivity contribution in [2.75, 3.05) is 0 Å². The van der Waals surface area contributed by atoms with Crippen LogP contribution in [0.3, 0.4) is 0 Å². The molecule has 0 aromatic heterocycles. The lowest BCUT2D eigenvalue weighted by molar-refractivity contribution is -0.143. The van der Waals surface area contributed by atoms with Crippen LogP contribution in [-0.2, 0) is 9.59 Å². The maximum atomic E-state index is 11.7. The smallest absolute Gasteiger partial charge is 0.326 e. The van der Waals surface area contributed by atoms with Gasteiger partial charge in [0, 0.05) is 6.42 Å². The molecule has 1 aliphatic carbocycles. The van der Waals surface area contributed by atoms with Crippen LogP contribution in [-0.4, -0.2) is 23.0 Å². The fraction of sp³-hybridized carbons (Fsp3) is 0.692. The number of carbonyl (C=O) groups excluding carboxylic acids is 1. The van der Waals surface area contributed by atoms with E-state index in [4.69, 9.17) is 5.11 Å². The molecule has 17 heavy (non-hydrogen) atoms. The number of hydrogen-bond donors (Lipinski definition) is 2. The average Bonchev–Trinajstić information content (AvgIpc) is 2.77. The lowest BCUT2D eigenvalue weighted by Gasteiger charge is -2.20. The van der Waals surface area contributed by atoms with E-state index in [0.29, 0.717) is 6.42 Å². The van der Waals surface area contributed by atoms with Gasteiger partial charge in [0.15, 0.2) is 0 Å². The summed E-state index contributed by atoms with van der Waals surface area (Å²) in [6.45, 7) is 3.76. The van der Waals surface area contributed by atoms with Crippen molar-refractivity contribution in [1.29, 1.82) is 0 Å². The average molecular weight is 239 g/mol. The molecule has 4 heteroatoms. The minimum atomic E-state index is -0.949. The highest BCUT2D eigenvalue weighted by Crippen LogP contribution is 2.20. The molecule has 3 atom stereocenters. The van der Waals surface area contributed by atoms with Gasteiger partial charge in [-0.3, -0.25) is 4.79 Å². The molecule has 1 amide bonds. The Kier molecular flexibility index (Phi) is 5.19. The van der Waals surface area contributed by atoms with E-state index in [0.717, 1.165) is 19.3 Å². The Morgan fingerprint density at radius 2 is 2.24 bits per heavy atom. The molecule has 0 saturated heterocycles. The third kappa shape index (κ3) is 4.21. The van der Waals surface area contributed by atoms with Crippen molar-refractivity contribution in [1.82, 2.24) is 5.32 Å². The third-order valence-corrected chi connectivity index (χ3v) is 3.36. The van der Waals surface area contributed by atoms with Crippen LogP contribution in [0.5, 0.6) is 0 Å². The predicted molar refractivity (Wildman–Crippen MR) is 65.5 cm³/mol. The minimum Gasteiger partial charge on any atom is -0.480 e. The second kappa shape index (κ2) is 6.42. The van der Waals surface area contributed by atoms with Crippen LogP contribution >= 0.6 is 0 Å². The van der Waals surface area contributed by atoms with Gasteiger partial charge in [0.1, 0.15) is 6.04 Å². The first-order valence-electron chi connectivity index (χ1n) is 6.23. The summed E-state index contributed by atoms with van der Waals surface area (Å²) in [7, 11) is 0. The van der Waals surface area contributed by atoms with Gasteiger partial charge in [-0.25, -0.2) is 4.79 Å². The topological polar surface area (TPSA) is 66.4 Å². The van der Waals surface area contributed by atoms with Crippen LogP contribution < -0.4 is 5.32 Å². The number of amides is 1. The number of aliphatic carboxylic acids is 1. The highest BCUT2D eigenvalue weighted by molar-refractivity contribution is 5.83. The monoisotopic (exact) mass is 239 g/mol. The van der Waals surface area contributed by atoms with E-state index in [1.165, 1.54) is 0 Å². The zero-order valence-electron chi connectivity index (χ0n) is 10.5. The molecule has 0 fully saturated rings. The van der Waals surface area contributed by atoms with Crippen molar-refractivity contribution in [2.24, 2.45) is 11.8 Å².